The highest BCUT2D eigenvalue weighted by atomic mass is 35.5. The highest BCUT2D eigenvalue weighted by molar-refractivity contribution is 6.30. The monoisotopic (exact) mass is 373 g/mol. The minimum atomic E-state index is -0.374. The molecule has 136 valence electrons. The summed E-state index contributed by atoms with van der Waals surface area (Å²) in [6, 6.07) is 8.31. The SMILES string of the molecule is Cc1ccnc(N2CCC(C(=O)NNC(=O)c3ccc(Cl)cc3)CC2)n1. The quantitative estimate of drug-likeness (QED) is 0.805. The Morgan fingerprint density at radius 1 is 1.12 bits per heavy atom. The largest absolute Gasteiger partial charge is 0.341 e. The summed E-state index contributed by atoms with van der Waals surface area (Å²) in [6.45, 7) is 3.33. The predicted octanol–water partition coefficient (Wildman–Crippen LogP) is 2.12. The minimum absolute atomic E-state index is 0.151. The number of anilines is 1. The fourth-order valence-electron chi connectivity index (χ4n) is 2.82. The number of carbonyl (C=O) groups is 2. The number of nitrogens with zero attached hydrogens (tertiary/aromatic N) is 3. The van der Waals surface area contributed by atoms with Gasteiger partial charge in [-0.3, -0.25) is 20.4 Å². The molecule has 1 aliphatic rings. The second kappa shape index (κ2) is 8.14. The van der Waals surface area contributed by atoms with Gasteiger partial charge in [-0.05, 0) is 50.1 Å². The van der Waals surface area contributed by atoms with Crippen LogP contribution in [-0.2, 0) is 4.79 Å². The van der Waals surface area contributed by atoms with E-state index in [1.807, 2.05) is 13.0 Å². The van der Waals surface area contributed by atoms with Gasteiger partial charge >= 0.3 is 0 Å². The molecule has 1 aromatic carbocycles. The normalized spacial score (nSPS) is 14.8. The molecule has 2 heterocycles. The molecule has 0 saturated carbocycles. The molecule has 7 nitrogen and oxygen atoms in total. The molecule has 2 aromatic rings. The van der Waals surface area contributed by atoms with Crippen LogP contribution >= 0.6 is 11.6 Å². The molecule has 2 N–H and O–H groups in total. The first-order valence-electron chi connectivity index (χ1n) is 8.43. The number of nitrogens with one attached hydrogen (secondary N) is 2. The molecule has 2 amide bonds. The average molecular weight is 374 g/mol. The van der Waals surface area contributed by atoms with Gasteiger partial charge in [-0.25, -0.2) is 9.97 Å². The molecular weight excluding hydrogens is 354 g/mol. The Hall–Kier alpha value is -2.67. The summed E-state index contributed by atoms with van der Waals surface area (Å²) in [4.78, 5) is 35.1. The van der Waals surface area contributed by atoms with E-state index in [1.54, 1.807) is 30.5 Å². The number of halogens is 1. The van der Waals surface area contributed by atoms with Gasteiger partial charge in [0.1, 0.15) is 0 Å². The highest BCUT2D eigenvalue weighted by Gasteiger charge is 2.26. The van der Waals surface area contributed by atoms with Gasteiger partial charge in [0.25, 0.3) is 5.91 Å². The maximum atomic E-state index is 12.3. The third kappa shape index (κ3) is 4.49. The number of hydrogen-bond donors (Lipinski definition) is 2. The second-order valence-corrected chi connectivity index (χ2v) is 6.65. The van der Waals surface area contributed by atoms with E-state index in [-0.39, 0.29) is 17.7 Å². The lowest BCUT2D eigenvalue weighted by Crippen LogP contribution is -2.47. The maximum Gasteiger partial charge on any atom is 0.269 e. The fraction of sp³-hybridized carbons (Fsp3) is 0.333. The van der Waals surface area contributed by atoms with Crippen molar-refractivity contribution in [1.82, 2.24) is 20.8 Å². The van der Waals surface area contributed by atoms with Crippen LogP contribution in [0, 0.1) is 12.8 Å². The summed E-state index contributed by atoms with van der Waals surface area (Å²) in [6.07, 6.45) is 3.10. The third-order valence-electron chi connectivity index (χ3n) is 4.34. The van der Waals surface area contributed by atoms with E-state index in [9.17, 15) is 9.59 Å². The van der Waals surface area contributed by atoms with Gasteiger partial charge < -0.3 is 4.90 Å². The minimum Gasteiger partial charge on any atom is -0.341 e. The summed E-state index contributed by atoms with van der Waals surface area (Å²) in [5, 5.41) is 0.551. The molecule has 0 aliphatic carbocycles. The van der Waals surface area contributed by atoms with Crippen molar-refractivity contribution in [3.63, 3.8) is 0 Å². The number of benzene rings is 1. The van der Waals surface area contributed by atoms with Crippen LogP contribution in [0.3, 0.4) is 0 Å². The van der Waals surface area contributed by atoms with E-state index in [0.29, 0.717) is 42.5 Å². The topological polar surface area (TPSA) is 87.2 Å². The zero-order valence-electron chi connectivity index (χ0n) is 14.4. The second-order valence-electron chi connectivity index (χ2n) is 6.21. The molecule has 0 spiro atoms. The van der Waals surface area contributed by atoms with Gasteiger partial charge in [0.05, 0.1) is 0 Å². The first-order valence-corrected chi connectivity index (χ1v) is 8.81. The first-order chi connectivity index (χ1) is 12.5. The predicted molar refractivity (Wildman–Crippen MR) is 98.8 cm³/mol. The summed E-state index contributed by atoms with van der Waals surface area (Å²) >= 11 is 5.80. The molecule has 0 unspecified atom stereocenters. The molecule has 8 heteroatoms. The van der Waals surface area contributed by atoms with E-state index in [0.717, 1.165) is 5.69 Å². The molecular formula is C18H20ClN5O2. The molecule has 0 bridgehead atoms. The Kier molecular flexibility index (Phi) is 5.68. The number of hydrogen-bond acceptors (Lipinski definition) is 5. The molecule has 3 rings (SSSR count). The van der Waals surface area contributed by atoms with E-state index in [4.69, 9.17) is 11.6 Å². The van der Waals surface area contributed by atoms with Crippen molar-refractivity contribution in [3.8, 4) is 0 Å². The average Bonchev–Trinajstić information content (AvgIpc) is 2.66. The lowest BCUT2D eigenvalue weighted by Gasteiger charge is -2.31. The molecule has 0 radical (unpaired) electrons. The Morgan fingerprint density at radius 2 is 1.81 bits per heavy atom. The molecule has 1 aromatic heterocycles. The zero-order chi connectivity index (χ0) is 18.5. The van der Waals surface area contributed by atoms with Crippen LogP contribution < -0.4 is 15.8 Å². The van der Waals surface area contributed by atoms with Gasteiger partial charge in [-0.2, -0.15) is 0 Å². The van der Waals surface area contributed by atoms with Crippen molar-refractivity contribution in [3.05, 3.63) is 52.8 Å². The number of amides is 2. The molecule has 26 heavy (non-hydrogen) atoms. The Balaban J connectivity index is 1.47. The maximum absolute atomic E-state index is 12.3. The van der Waals surface area contributed by atoms with E-state index >= 15 is 0 Å². The summed E-state index contributed by atoms with van der Waals surface area (Å²) < 4.78 is 0. The van der Waals surface area contributed by atoms with Gasteiger partial charge in [0, 0.05) is 41.5 Å². The Morgan fingerprint density at radius 3 is 2.46 bits per heavy atom. The van der Waals surface area contributed by atoms with Crippen molar-refractivity contribution >= 4 is 29.4 Å². The van der Waals surface area contributed by atoms with Crippen molar-refractivity contribution in [2.45, 2.75) is 19.8 Å². The van der Waals surface area contributed by atoms with Crippen LogP contribution in [0.25, 0.3) is 0 Å². The summed E-state index contributed by atoms with van der Waals surface area (Å²) in [5.74, 6) is -0.0146. The van der Waals surface area contributed by atoms with Gasteiger partial charge in [-0.15, -0.1) is 0 Å². The molecule has 1 aliphatic heterocycles. The first kappa shape index (κ1) is 18.1. The number of piperidine rings is 1. The van der Waals surface area contributed by atoms with Crippen LogP contribution in [-0.4, -0.2) is 34.9 Å². The van der Waals surface area contributed by atoms with Crippen LogP contribution in [0.15, 0.2) is 36.5 Å². The van der Waals surface area contributed by atoms with Crippen molar-refractivity contribution in [1.29, 1.82) is 0 Å². The van der Waals surface area contributed by atoms with Crippen LogP contribution in [0.5, 0.6) is 0 Å². The van der Waals surface area contributed by atoms with Gasteiger partial charge in [0.2, 0.25) is 11.9 Å². The van der Waals surface area contributed by atoms with E-state index in [1.165, 1.54) is 0 Å². The lowest BCUT2D eigenvalue weighted by atomic mass is 9.96. The van der Waals surface area contributed by atoms with Crippen molar-refractivity contribution in [2.24, 2.45) is 5.92 Å². The summed E-state index contributed by atoms with van der Waals surface area (Å²) in [7, 11) is 0. The number of aromatic nitrogens is 2. The lowest BCUT2D eigenvalue weighted by molar-refractivity contribution is -0.126. The van der Waals surface area contributed by atoms with Crippen LogP contribution in [0.1, 0.15) is 28.9 Å². The van der Waals surface area contributed by atoms with Crippen LogP contribution in [0.2, 0.25) is 5.02 Å². The molecule has 1 fully saturated rings. The molecule has 1 saturated heterocycles. The zero-order valence-corrected chi connectivity index (χ0v) is 15.2. The van der Waals surface area contributed by atoms with Gasteiger partial charge in [-0.1, -0.05) is 11.6 Å². The number of rotatable bonds is 3. The third-order valence-corrected chi connectivity index (χ3v) is 4.59. The van der Waals surface area contributed by atoms with Crippen LogP contribution in [0.4, 0.5) is 5.95 Å². The highest BCUT2D eigenvalue weighted by Crippen LogP contribution is 2.20. The van der Waals surface area contributed by atoms with Crippen molar-refractivity contribution < 1.29 is 9.59 Å². The van der Waals surface area contributed by atoms with Gasteiger partial charge in [0.15, 0.2) is 0 Å². The fourth-order valence-corrected chi connectivity index (χ4v) is 2.95. The summed E-state index contributed by atoms with van der Waals surface area (Å²) in [5.41, 5.74) is 6.30. The number of aryl methyl sites for hydroxylation is 1. The smallest absolute Gasteiger partial charge is 0.269 e. The van der Waals surface area contributed by atoms with Crippen molar-refractivity contribution in [2.75, 3.05) is 18.0 Å². The Labute approximate surface area is 156 Å². The number of carbonyl (C=O) groups excluding carboxylic acids is 2. The van der Waals surface area contributed by atoms with E-state index in [2.05, 4.69) is 25.7 Å². The Bertz CT molecular complexity index is 788. The molecule has 0 atom stereocenters. The van der Waals surface area contributed by atoms with E-state index < -0.39 is 0 Å². The standard InChI is InChI=1S/C18H20ClN5O2/c1-12-6-9-20-18(21-12)24-10-7-14(8-11-24)17(26)23-22-16(25)13-2-4-15(19)5-3-13/h2-6,9,14H,7-8,10-11H2,1H3,(H,22,25)(H,23,26). The number of hydrazine groups is 1.